The largest absolute Gasteiger partial charge is 0.496 e. The summed E-state index contributed by atoms with van der Waals surface area (Å²) in [6, 6.07) is 12.3. The van der Waals surface area contributed by atoms with Crippen LogP contribution in [0.5, 0.6) is 5.75 Å². The number of rotatable bonds is 4. The smallest absolute Gasteiger partial charge is 0.349 e. The van der Waals surface area contributed by atoms with Crippen molar-refractivity contribution >= 4 is 22.7 Å². The van der Waals surface area contributed by atoms with E-state index in [0.29, 0.717) is 35.9 Å². The summed E-state index contributed by atoms with van der Waals surface area (Å²) in [7, 11) is 1.62. The second kappa shape index (κ2) is 8.38. The number of carbonyl (C=O) groups excluding carboxylic acids is 2. The number of nitrogens with zero attached hydrogens (tertiary/aromatic N) is 1. The fourth-order valence-electron chi connectivity index (χ4n) is 4.41. The zero-order chi connectivity index (χ0) is 22.1. The third kappa shape index (κ3) is 3.98. The highest BCUT2D eigenvalue weighted by Crippen LogP contribution is 2.28. The summed E-state index contributed by atoms with van der Waals surface area (Å²) in [6.45, 7) is 4.63. The van der Waals surface area contributed by atoms with Crippen molar-refractivity contribution in [3.63, 3.8) is 0 Å². The number of methoxy groups -OCH3 is 1. The van der Waals surface area contributed by atoms with Gasteiger partial charge >= 0.3 is 5.63 Å². The maximum Gasteiger partial charge on any atom is 0.349 e. The van der Waals surface area contributed by atoms with E-state index in [1.165, 1.54) is 0 Å². The molecule has 6 heteroatoms. The van der Waals surface area contributed by atoms with Crippen LogP contribution in [0.1, 0.15) is 44.7 Å². The molecule has 1 atom stereocenters. The van der Waals surface area contributed by atoms with E-state index in [4.69, 9.17) is 9.15 Å². The van der Waals surface area contributed by atoms with Gasteiger partial charge in [0.2, 0.25) is 0 Å². The Kier molecular flexibility index (Phi) is 5.63. The number of ether oxygens (including phenoxy) is 1. The van der Waals surface area contributed by atoms with E-state index < -0.39 is 5.63 Å². The fourth-order valence-corrected chi connectivity index (χ4v) is 4.41. The highest BCUT2D eigenvalue weighted by molar-refractivity contribution is 6.00. The zero-order valence-corrected chi connectivity index (χ0v) is 17.9. The predicted octanol–water partition coefficient (Wildman–Crippen LogP) is 4.15. The summed E-state index contributed by atoms with van der Waals surface area (Å²) in [5.41, 5.74) is 2.23. The Hall–Kier alpha value is -3.41. The van der Waals surface area contributed by atoms with Crippen LogP contribution in [0.4, 0.5) is 0 Å². The lowest BCUT2D eigenvalue weighted by Gasteiger charge is -2.32. The molecule has 0 saturated carbocycles. The lowest BCUT2D eigenvalue weighted by Crippen LogP contribution is -2.43. The highest BCUT2D eigenvalue weighted by Gasteiger charge is 2.31. The monoisotopic (exact) mass is 419 g/mol. The van der Waals surface area contributed by atoms with E-state index in [-0.39, 0.29) is 29.7 Å². The van der Waals surface area contributed by atoms with Crippen molar-refractivity contribution in [3.05, 3.63) is 75.1 Å². The van der Waals surface area contributed by atoms with Crippen LogP contribution in [0.3, 0.4) is 0 Å². The van der Waals surface area contributed by atoms with Gasteiger partial charge in [0.05, 0.1) is 7.11 Å². The number of hydrogen-bond donors (Lipinski definition) is 0. The maximum atomic E-state index is 13.2. The zero-order valence-electron chi connectivity index (χ0n) is 17.9. The molecule has 3 aromatic rings. The van der Waals surface area contributed by atoms with E-state index >= 15 is 0 Å². The molecule has 0 bridgehead atoms. The average Bonchev–Trinajstić information content (AvgIpc) is 2.77. The van der Waals surface area contributed by atoms with Gasteiger partial charge < -0.3 is 14.1 Å². The summed E-state index contributed by atoms with van der Waals surface area (Å²) in [6.07, 6.45) is 1.41. The van der Waals surface area contributed by atoms with E-state index in [1.807, 2.05) is 32.0 Å². The molecular formula is C25H25NO5. The standard InChI is InChI=1S/C25H25NO5/c1-15-11-19(12-16(2)23(15)30-3)22(27)18-8-6-10-26(14-18)24(28)20-13-17-7-4-5-9-21(17)31-25(20)29/h4-5,7,9,11-13,18H,6,8,10,14H2,1-3H3. The number of ketones is 1. The van der Waals surface area contributed by atoms with Gasteiger partial charge in [-0.05, 0) is 62.1 Å². The summed E-state index contributed by atoms with van der Waals surface area (Å²) < 4.78 is 10.7. The number of fused-ring (bicyclic) bond motifs is 1. The highest BCUT2D eigenvalue weighted by atomic mass is 16.5. The Labute approximate surface area is 180 Å². The van der Waals surface area contributed by atoms with Crippen molar-refractivity contribution in [2.24, 2.45) is 5.92 Å². The first-order valence-electron chi connectivity index (χ1n) is 10.4. The van der Waals surface area contributed by atoms with Gasteiger partial charge in [-0.2, -0.15) is 0 Å². The molecule has 4 rings (SSSR count). The van der Waals surface area contributed by atoms with Gasteiger partial charge in [-0.3, -0.25) is 9.59 Å². The second-order valence-electron chi connectivity index (χ2n) is 8.08. The predicted molar refractivity (Wildman–Crippen MR) is 118 cm³/mol. The molecule has 6 nitrogen and oxygen atoms in total. The Balaban J connectivity index is 1.57. The number of likely N-dealkylation sites (tertiary alicyclic amines) is 1. The van der Waals surface area contributed by atoms with Crippen LogP contribution in [0, 0.1) is 19.8 Å². The van der Waals surface area contributed by atoms with E-state index in [9.17, 15) is 14.4 Å². The fraction of sp³-hybridized carbons (Fsp3) is 0.320. The van der Waals surface area contributed by atoms with Crippen LogP contribution in [0.15, 0.2) is 51.7 Å². The number of Topliss-reactive ketones (excluding diaryl/α,β-unsaturated/α-hetero) is 1. The van der Waals surface area contributed by atoms with Gasteiger partial charge in [-0.1, -0.05) is 18.2 Å². The van der Waals surface area contributed by atoms with Gasteiger partial charge in [-0.15, -0.1) is 0 Å². The summed E-state index contributed by atoms with van der Waals surface area (Å²) >= 11 is 0. The normalized spacial score (nSPS) is 16.4. The Morgan fingerprint density at radius 2 is 1.81 bits per heavy atom. The number of benzene rings is 2. The molecule has 1 unspecified atom stereocenters. The number of piperidine rings is 1. The quantitative estimate of drug-likeness (QED) is 0.469. The van der Waals surface area contributed by atoms with Crippen LogP contribution in [0.2, 0.25) is 0 Å². The van der Waals surface area contributed by atoms with Crippen molar-refractivity contribution < 1.29 is 18.7 Å². The van der Waals surface area contributed by atoms with E-state index in [1.54, 1.807) is 36.3 Å². The Morgan fingerprint density at radius 1 is 1.10 bits per heavy atom. The van der Waals surface area contributed by atoms with Crippen LogP contribution < -0.4 is 10.4 Å². The molecule has 1 aliphatic rings. The maximum absolute atomic E-state index is 13.2. The first-order chi connectivity index (χ1) is 14.9. The van der Waals surface area contributed by atoms with E-state index in [0.717, 1.165) is 16.9 Å². The number of carbonyl (C=O) groups is 2. The minimum absolute atomic E-state index is 0.00272. The minimum atomic E-state index is -0.654. The lowest BCUT2D eigenvalue weighted by atomic mass is 9.88. The van der Waals surface area contributed by atoms with Crippen molar-refractivity contribution in [1.82, 2.24) is 4.90 Å². The number of amides is 1. The summed E-state index contributed by atoms with van der Waals surface area (Å²) in [5.74, 6) is 0.0911. The number of aryl methyl sites for hydroxylation is 2. The van der Waals surface area contributed by atoms with Crippen LogP contribution in [-0.2, 0) is 0 Å². The third-order valence-corrected chi connectivity index (χ3v) is 5.90. The minimum Gasteiger partial charge on any atom is -0.496 e. The molecule has 0 radical (unpaired) electrons. The van der Waals surface area contributed by atoms with Gasteiger partial charge in [-0.25, -0.2) is 4.79 Å². The first-order valence-corrected chi connectivity index (χ1v) is 10.4. The summed E-state index contributed by atoms with van der Waals surface area (Å²) in [4.78, 5) is 40.3. The molecule has 2 aromatic carbocycles. The first kappa shape index (κ1) is 20.8. The Bertz CT molecular complexity index is 1200. The van der Waals surface area contributed by atoms with Gasteiger partial charge in [0.1, 0.15) is 16.9 Å². The molecule has 0 N–H and O–H groups in total. The molecule has 0 aliphatic carbocycles. The topological polar surface area (TPSA) is 76.8 Å². The van der Waals surface area contributed by atoms with Gasteiger partial charge in [0.25, 0.3) is 5.91 Å². The number of hydrogen-bond acceptors (Lipinski definition) is 5. The SMILES string of the molecule is COc1c(C)cc(C(=O)C2CCCN(C(=O)c3cc4ccccc4oc3=O)C2)cc1C. The second-order valence-corrected chi connectivity index (χ2v) is 8.08. The molecular weight excluding hydrogens is 394 g/mol. The van der Waals surface area contributed by atoms with Gasteiger partial charge in [0, 0.05) is 30.0 Å². The van der Waals surface area contributed by atoms with Crippen molar-refractivity contribution in [1.29, 1.82) is 0 Å². The van der Waals surface area contributed by atoms with Crippen LogP contribution >= 0.6 is 0 Å². The molecule has 31 heavy (non-hydrogen) atoms. The average molecular weight is 419 g/mol. The van der Waals surface area contributed by atoms with Crippen molar-refractivity contribution in [2.75, 3.05) is 20.2 Å². The van der Waals surface area contributed by atoms with Crippen molar-refractivity contribution in [3.8, 4) is 5.75 Å². The molecule has 1 aliphatic heterocycles. The van der Waals surface area contributed by atoms with E-state index in [2.05, 4.69) is 0 Å². The molecule has 2 heterocycles. The van der Waals surface area contributed by atoms with Crippen molar-refractivity contribution in [2.45, 2.75) is 26.7 Å². The third-order valence-electron chi connectivity index (χ3n) is 5.90. The Morgan fingerprint density at radius 3 is 2.52 bits per heavy atom. The molecule has 1 fully saturated rings. The number of para-hydroxylation sites is 1. The lowest BCUT2D eigenvalue weighted by molar-refractivity contribution is 0.0633. The molecule has 1 amide bonds. The van der Waals surface area contributed by atoms with Crippen LogP contribution in [0.25, 0.3) is 11.0 Å². The molecule has 1 aromatic heterocycles. The van der Waals surface area contributed by atoms with Crippen LogP contribution in [-0.4, -0.2) is 36.8 Å². The molecule has 1 saturated heterocycles. The molecule has 160 valence electrons. The molecule has 0 spiro atoms. The van der Waals surface area contributed by atoms with Gasteiger partial charge in [0.15, 0.2) is 5.78 Å². The summed E-state index contributed by atoms with van der Waals surface area (Å²) in [5, 5.41) is 0.694.